The lowest BCUT2D eigenvalue weighted by molar-refractivity contribution is -0.135. The van der Waals surface area contributed by atoms with Crippen LogP contribution in [-0.4, -0.2) is 47.3 Å². The van der Waals surface area contributed by atoms with Gasteiger partial charge in [0.1, 0.15) is 16.7 Å². The molecule has 5 aromatic carbocycles. The zero-order chi connectivity index (χ0) is 50.6. The zero-order valence-electron chi connectivity index (χ0n) is 39.1. The number of rotatable bonds is 7. The predicted octanol–water partition coefficient (Wildman–Crippen LogP) is 8.56. The van der Waals surface area contributed by atoms with Gasteiger partial charge in [0.25, 0.3) is 11.8 Å². The maximum absolute atomic E-state index is 12.4. The first-order valence-electron chi connectivity index (χ1n) is 23.2. The Balaban J connectivity index is 0.000000136. The summed E-state index contributed by atoms with van der Waals surface area (Å²) in [5, 5.41) is 15.2. The smallest absolute Gasteiger partial charge is 0.255 e. The first-order chi connectivity index (χ1) is 34.7. The van der Waals surface area contributed by atoms with Gasteiger partial charge < -0.3 is 29.6 Å². The van der Waals surface area contributed by atoms with Crippen LogP contribution in [-0.2, 0) is 28.8 Å². The molecule has 3 fully saturated rings. The maximum Gasteiger partial charge on any atom is 0.255 e. The van der Waals surface area contributed by atoms with Crippen LogP contribution < -0.4 is 32.3 Å². The summed E-state index contributed by atoms with van der Waals surface area (Å²) < 4.78 is 16.5. The van der Waals surface area contributed by atoms with E-state index < -0.39 is 11.8 Å². The second kappa shape index (κ2) is 20.5. The number of piperidine rings is 3. The molecule has 8 amide bonds. The van der Waals surface area contributed by atoms with E-state index in [0.29, 0.717) is 83.5 Å². The minimum Gasteiger partial charge on any atom is -0.464 e. The van der Waals surface area contributed by atoms with E-state index in [4.69, 9.17) is 19.0 Å². The predicted molar refractivity (Wildman–Crippen MR) is 267 cm³/mol. The van der Waals surface area contributed by atoms with E-state index in [1.807, 2.05) is 38.1 Å². The van der Waals surface area contributed by atoms with Gasteiger partial charge in [-0.1, -0.05) is 35.4 Å². The first-order valence-corrected chi connectivity index (χ1v) is 23.2. The minimum absolute atomic E-state index is 0.208. The molecule has 3 atom stereocenters. The molecule has 0 aliphatic carbocycles. The molecule has 3 unspecified atom stereocenters. The Hall–Kier alpha value is -9.12. The van der Waals surface area contributed by atoms with Crippen LogP contribution in [0.25, 0.3) is 32.9 Å². The number of nitrogens with one attached hydrogen (secondary N) is 5. The van der Waals surface area contributed by atoms with Crippen molar-refractivity contribution in [3.8, 4) is 0 Å². The highest BCUT2D eigenvalue weighted by Crippen LogP contribution is 2.37. The number of benzene rings is 5. The minimum atomic E-state index is -0.438. The van der Waals surface area contributed by atoms with Gasteiger partial charge in [-0.2, -0.15) is 0 Å². The van der Waals surface area contributed by atoms with Crippen molar-refractivity contribution in [3.63, 3.8) is 0 Å². The van der Waals surface area contributed by atoms with E-state index in [9.17, 15) is 38.4 Å². The Kier molecular flexibility index (Phi) is 13.6. The largest absolute Gasteiger partial charge is 0.464 e. The monoisotopic (exact) mass is 968 g/mol. The van der Waals surface area contributed by atoms with Crippen molar-refractivity contribution in [2.24, 2.45) is 0 Å². The van der Waals surface area contributed by atoms with E-state index in [1.165, 1.54) is 0 Å². The number of hydrogen-bond acceptors (Lipinski definition) is 12. The fourth-order valence-electron chi connectivity index (χ4n) is 8.92. The third kappa shape index (κ3) is 10.5. The number of nitrogen functional groups attached to an aromatic ring is 1. The van der Waals surface area contributed by atoms with Crippen molar-refractivity contribution in [3.05, 3.63) is 161 Å². The molecule has 7 N–H and O–H groups in total. The number of hydrogen-bond donors (Lipinski definition) is 6. The van der Waals surface area contributed by atoms with Crippen LogP contribution in [0, 0.1) is 13.8 Å². The molecule has 0 bridgehead atoms. The molecule has 72 heavy (non-hydrogen) atoms. The number of anilines is 3. The van der Waals surface area contributed by atoms with Crippen molar-refractivity contribution in [1.29, 1.82) is 0 Å². The molecule has 0 radical (unpaired) electrons. The molecule has 3 saturated heterocycles. The Morgan fingerprint density at radius 2 is 0.806 bits per heavy atom. The standard InChI is InChI=1S/2C21H18N2O4.C13H12N2O3/c2*1-12-2-4-13(5-3-12)20(25)22-14-6-8-18-16(10-14)17(11-27-18)15-7-9-19(24)23-21(15)26;14-7-1-3-11-9(5-7)10(6-18-11)8-2-4-12(16)15-13(8)17/h2*2-6,8,10-11,15H,7,9H2,1H3,(H,22,25)(H,23,24,26);1,3,5-6,8H,2,4,14H2,(H,15,16,17). The number of aryl methyl sites for hydroxylation is 2. The molecule has 3 aliphatic heterocycles. The fourth-order valence-corrected chi connectivity index (χ4v) is 8.92. The number of carbonyl (C=O) groups is 8. The number of amides is 8. The molecule has 8 aromatic rings. The van der Waals surface area contributed by atoms with Gasteiger partial charge in [-0.3, -0.25) is 54.3 Å². The molecule has 17 nitrogen and oxygen atoms in total. The van der Waals surface area contributed by atoms with Crippen LogP contribution in [0.3, 0.4) is 0 Å². The Bertz CT molecular complexity index is 3290. The molecular weight excluding hydrogens is 921 g/mol. The molecule has 3 aliphatic rings. The average Bonchev–Trinajstić information content (AvgIpc) is 4.09. The molecule has 6 heterocycles. The summed E-state index contributed by atoms with van der Waals surface area (Å²) in [6.45, 7) is 3.93. The third-order valence-electron chi connectivity index (χ3n) is 12.8. The first kappa shape index (κ1) is 47.9. The summed E-state index contributed by atoms with van der Waals surface area (Å²) in [5.74, 6) is -3.26. The quantitative estimate of drug-likeness (QED) is 0.0648. The number of fused-ring (bicyclic) bond motifs is 3. The average molecular weight is 969 g/mol. The van der Waals surface area contributed by atoms with Gasteiger partial charge in [0.15, 0.2) is 0 Å². The van der Waals surface area contributed by atoms with Crippen molar-refractivity contribution < 1.29 is 51.6 Å². The molecule has 364 valence electrons. The van der Waals surface area contributed by atoms with Gasteiger partial charge in [-0.25, -0.2) is 0 Å². The zero-order valence-corrected chi connectivity index (χ0v) is 39.1. The summed E-state index contributed by atoms with van der Waals surface area (Å²) in [5.41, 5.74) is 15.1. The number of nitrogens with two attached hydrogens (primary N) is 1. The third-order valence-corrected chi connectivity index (χ3v) is 12.8. The van der Waals surface area contributed by atoms with Crippen molar-refractivity contribution in [2.75, 3.05) is 16.4 Å². The van der Waals surface area contributed by atoms with Gasteiger partial charge >= 0.3 is 0 Å². The highest BCUT2D eigenvalue weighted by Gasteiger charge is 2.33. The van der Waals surface area contributed by atoms with E-state index in [-0.39, 0.29) is 53.2 Å². The molecule has 0 saturated carbocycles. The molecule has 3 aromatic heterocycles. The van der Waals surface area contributed by atoms with Crippen LogP contribution in [0.15, 0.2) is 135 Å². The lowest BCUT2D eigenvalue weighted by Crippen LogP contribution is -2.39. The van der Waals surface area contributed by atoms with Gasteiger partial charge in [-0.15, -0.1) is 0 Å². The molecule has 17 heteroatoms. The Morgan fingerprint density at radius 3 is 1.15 bits per heavy atom. The summed E-state index contributed by atoms with van der Waals surface area (Å²) in [4.78, 5) is 95.0. The van der Waals surface area contributed by atoms with Crippen LogP contribution in [0.2, 0.25) is 0 Å². The summed E-state index contributed by atoms with van der Waals surface area (Å²) >= 11 is 0. The fraction of sp³-hybridized carbons (Fsp3) is 0.200. The second-order valence-electron chi connectivity index (χ2n) is 17.9. The van der Waals surface area contributed by atoms with Gasteiger partial charge in [0.2, 0.25) is 35.4 Å². The van der Waals surface area contributed by atoms with Crippen LogP contribution in [0.4, 0.5) is 17.1 Å². The molecule has 11 rings (SSSR count). The summed E-state index contributed by atoms with van der Waals surface area (Å²) in [7, 11) is 0. The van der Waals surface area contributed by atoms with Gasteiger partial charge in [0, 0.05) is 80.3 Å². The van der Waals surface area contributed by atoms with Crippen molar-refractivity contribution in [2.45, 2.75) is 70.1 Å². The number of carbonyl (C=O) groups excluding carboxylic acids is 8. The van der Waals surface area contributed by atoms with E-state index in [1.54, 1.807) is 97.7 Å². The SMILES string of the molecule is Cc1ccc(C(=O)Nc2ccc3occ(C4CCC(=O)NC4=O)c3c2)cc1.Cc1ccc(C(=O)Nc2ccc3occ(C4CCC(=O)NC4=O)c3c2)cc1.Nc1ccc2occ(C3CCC(=O)NC3=O)c2c1. The summed E-state index contributed by atoms with van der Waals surface area (Å²) in [6, 6.07) is 30.6. The van der Waals surface area contributed by atoms with Crippen LogP contribution >= 0.6 is 0 Å². The van der Waals surface area contributed by atoms with E-state index in [0.717, 1.165) is 44.0 Å². The maximum atomic E-state index is 12.4. The topological polar surface area (TPSA) is 262 Å². The highest BCUT2D eigenvalue weighted by atomic mass is 16.3. The lowest BCUT2D eigenvalue weighted by atomic mass is 9.90. The number of furan rings is 3. The van der Waals surface area contributed by atoms with Crippen molar-refractivity contribution >= 4 is 97.2 Å². The number of imide groups is 3. The normalized spacial score (nSPS) is 17.8. The molecule has 0 spiro atoms. The van der Waals surface area contributed by atoms with Crippen LogP contribution in [0.5, 0.6) is 0 Å². The molecular formula is C55H48N6O11. The Morgan fingerprint density at radius 1 is 0.472 bits per heavy atom. The van der Waals surface area contributed by atoms with Gasteiger partial charge in [-0.05, 0) is 112 Å². The summed E-state index contributed by atoms with van der Waals surface area (Å²) in [6.07, 6.45) is 7.02. The van der Waals surface area contributed by atoms with Gasteiger partial charge in [0.05, 0.1) is 36.5 Å². The van der Waals surface area contributed by atoms with Crippen molar-refractivity contribution in [1.82, 2.24) is 16.0 Å². The van der Waals surface area contributed by atoms with E-state index >= 15 is 0 Å². The lowest BCUT2D eigenvalue weighted by Gasteiger charge is -2.20. The highest BCUT2D eigenvalue weighted by molar-refractivity contribution is 6.08. The Labute approximate surface area is 410 Å². The van der Waals surface area contributed by atoms with Crippen LogP contribution in [0.1, 0.15) is 105 Å². The second-order valence-corrected chi connectivity index (χ2v) is 17.9. The van der Waals surface area contributed by atoms with E-state index in [2.05, 4.69) is 26.6 Å².